The van der Waals surface area contributed by atoms with Crippen molar-refractivity contribution in [3.8, 4) is 0 Å². The first-order valence-corrected chi connectivity index (χ1v) is 6.02. The second kappa shape index (κ2) is 4.06. The molecule has 0 bridgehead atoms. The number of hydrogen-bond acceptors (Lipinski definition) is 2. The van der Waals surface area contributed by atoms with Gasteiger partial charge in [0.15, 0.2) is 0 Å². The quantitative estimate of drug-likeness (QED) is 0.689. The van der Waals surface area contributed by atoms with Gasteiger partial charge in [-0.05, 0) is 47.0 Å². The predicted octanol–water partition coefficient (Wildman–Crippen LogP) is 2.84. The highest BCUT2D eigenvalue weighted by atomic mass is 32.2. The van der Waals surface area contributed by atoms with E-state index in [-0.39, 0.29) is 5.41 Å². The van der Waals surface area contributed by atoms with E-state index < -0.39 is 11.1 Å². The van der Waals surface area contributed by atoms with Gasteiger partial charge in [0, 0.05) is 4.90 Å². The van der Waals surface area contributed by atoms with Gasteiger partial charge in [-0.1, -0.05) is 32.9 Å². The molecule has 1 atom stereocenters. The van der Waals surface area contributed by atoms with Crippen molar-refractivity contribution < 1.29 is 8.76 Å². The lowest BCUT2D eigenvalue weighted by molar-refractivity contribution is 0.535. The Morgan fingerprint density at radius 2 is 1.53 bits per heavy atom. The fourth-order valence-electron chi connectivity index (χ4n) is 1.65. The Kier molecular flexibility index (Phi) is 3.36. The number of hydrogen-bond donors (Lipinski definition) is 0. The van der Waals surface area contributed by atoms with E-state index in [0.717, 1.165) is 11.1 Å². The summed E-state index contributed by atoms with van der Waals surface area (Å²) in [6.45, 7) is 10.0. The highest BCUT2D eigenvalue weighted by molar-refractivity contribution is 7.79. The van der Waals surface area contributed by atoms with Crippen LogP contribution in [0.5, 0.6) is 0 Å². The van der Waals surface area contributed by atoms with Crippen molar-refractivity contribution >= 4 is 11.1 Å². The van der Waals surface area contributed by atoms with Crippen LogP contribution in [0.15, 0.2) is 17.0 Å². The molecule has 0 aliphatic rings. The van der Waals surface area contributed by atoms with Gasteiger partial charge in [0.05, 0.1) is 0 Å². The van der Waals surface area contributed by atoms with E-state index in [0.29, 0.717) is 4.90 Å². The Hall–Kier alpha value is -0.670. The Morgan fingerprint density at radius 1 is 1.13 bits per heavy atom. The third kappa shape index (κ3) is 2.67. The van der Waals surface area contributed by atoms with E-state index in [1.807, 2.05) is 26.0 Å². The Labute approximate surface area is 94.0 Å². The third-order valence-corrected chi connectivity index (χ3v) is 3.47. The van der Waals surface area contributed by atoms with Crippen LogP contribution in [0.2, 0.25) is 0 Å². The number of aryl methyl sites for hydroxylation is 2. The number of benzene rings is 1. The van der Waals surface area contributed by atoms with Crippen LogP contribution >= 0.6 is 0 Å². The highest BCUT2D eigenvalue weighted by Gasteiger charge is 2.16. The molecule has 84 valence electrons. The second-order valence-electron chi connectivity index (χ2n) is 4.92. The molecule has 0 aliphatic heterocycles. The zero-order chi connectivity index (χ0) is 11.8. The lowest BCUT2D eigenvalue weighted by atomic mass is 9.85. The minimum Gasteiger partial charge on any atom is -0.768 e. The van der Waals surface area contributed by atoms with Crippen molar-refractivity contribution in [2.75, 3.05) is 0 Å². The van der Waals surface area contributed by atoms with Gasteiger partial charge in [0.1, 0.15) is 0 Å². The van der Waals surface area contributed by atoms with Crippen LogP contribution in [0.4, 0.5) is 0 Å². The van der Waals surface area contributed by atoms with Gasteiger partial charge in [-0.15, -0.1) is 0 Å². The molecule has 0 amide bonds. The standard InChI is InChI=1S/C12H18O2S/c1-8-6-10(12(3,4)5)7-9(2)11(8)15(13)14/h6-7H,1-5H3,(H,13,14)/p-1. The lowest BCUT2D eigenvalue weighted by Crippen LogP contribution is -2.12. The molecule has 1 unspecified atom stereocenters. The molecule has 3 heteroatoms. The van der Waals surface area contributed by atoms with Gasteiger partial charge in [-0.2, -0.15) is 0 Å². The molecule has 0 saturated heterocycles. The fraction of sp³-hybridized carbons (Fsp3) is 0.500. The molecule has 1 aromatic carbocycles. The summed E-state index contributed by atoms with van der Waals surface area (Å²) in [5.41, 5.74) is 2.88. The minimum atomic E-state index is -2.14. The van der Waals surface area contributed by atoms with Crippen molar-refractivity contribution in [3.05, 3.63) is 28.8 Å². The van der Waals surface area contributed by atoms with Crippen molar-refractivity contribution in [1.29, 1.82) is 0 Å². The Morgan fingerprint density at radius 3 is 1.80 bits per heavy atom. The van der Waals surface area contributed by atoms with Gasteiger partial charge >= 0.3 is 0 Å². The average molecular weight is 225 g/mol. The van der Waals surface area contributed by atoms with E-state index in [9.17, 15) is 8.76 Å². The van der Waals surface area contributed by atoms with Gasteiger partial charge in [-0.25, -0.2) is 0 Å². The molecule has 15 heavy (non-hydrogen) atoms. The topological polar surface area (TPSA) is 40.1 Å². The molecule has 0 N–H and O–H groups in total. The van der Waals surface area contributed by atoms with Gasteiger partial charge in [-0.3, -0.25) is 4.21 Å². The van der Waals surface area contributed by atoms with Crippen LogP contribution in [0, 0.1) is 13.8 Å². The third-order valence-electron chi connectivity index (χ3n) is 2.49. The maximum absolute atomic E-state index is 11.0. The first-order chi connectivity index (χ1) is 6.73. The van der Waals surface area contributed by atoms with E-state index in [2.05, 4.69) is 20.8 Å². The molecular weight excluding hydrogens is 208 g/mol. The summed E-state index contributed by atoms with van der Waals surface area (Å²) in [5.74, 6) is 0. The van der Waals surface area contributed by atoms with Crippen LogP contribution in [0.25, 0.3) is 0 Å². The molecule has 1 aromatic rings. The molecule has 0 heterocycles. The molecule has 0 saturated carbocycles. The van der Waals surface area contributed by atoms with E-state index in [1.54, 1.807) is 0 Å². The molecule has 2 nitrogen and oxygen atoms in total. The van der Waals surface area contributed by atoms with Crippen LogP contribution < -0.4 is 0 Å². The molecule has 0 radical (unpaired) electrons. The zero-order valence-corrected chi connectivity index (χ0v) is 10.7. The first-order valence-electron chi connectivity index (χ1n) is 4.94. The zero-order valence-electron chi connectivity index (χ0n) is 9.88. The SMILES string of the molecule is Cc1cc(C(C)(C)C)cc(C)c1S(=O)[O-]. The van der Waals surface area contributed by atoms with Crippen LogP contribution in [0.1, 0.15) is 37.5 Å². The molecule has 0 fully saturated rings. The number of rotatable bonds is 1. The first kappa shape index (κ1) is 12.4. The van der Waals surface area contributed by atoms with E-state index in [1.165, 1.54) is 5.56 Å². The van der Waals surface area contributed by atoms with Gasteiger partial charge in [0.2, 0.25) is 0 Å². The summed E-state index contributed by atoms with van der Waals surface area (Å²) in [6, 6.07) is 3.91. The highest BCUT2D eigenvalue weighted by Crippen LogP contribution is 2.27. The average Bonchev–Trinajstić information content (AvgIpc) is 1.99. The summed E-state index contributed by atoms with van der Waals surface area (Å²) in [6.07, 6.45) is 0. The van der Waals surface area contributed by atoms with Crippen LogP contribution in [-0.4, -0.2) is 8.76 Å². The summed E-state index contributed by atoms with van der Waals surface area (Å²) in [4.78, 5) is 0.433. The second-order valence-corrected chi connectivity index (χ2v) is 5.80. The molecule has 0 aliphatic carbocycles. The normalized spacial score (nSPS) is 14.0. The lowest BCUT2D eigenvalue weighted by Gasteiger charge is -2.22. The Bertz CT molecular complexity index is 380. The maximum Gasteiger partial charge on any atom is 0.0307 e. The summed E-state index contributed by atoms with van der Waals surface area (Å²) < 4.78 is 22.0. The monoisotopic (exact) mass is 225 g/mol. The summed E-state index contributed by atoms with van der Waals surface area (Å²) in [7, 11) is 0. The van der Waals surface area contributed by atoms with Gasteiger partial charge < -0.3 is 4.55 Å². The van der Waals surface area contributed by atoms with E-state index >= 15 is 0 Å². The van der Waals surface area contributed by atoms with Crippen molar-refractivity contribution in [1.82, 2.24) is 0 Å². The molecular formula is C12H17O2S-. The van der Waals surface area contributed by atoms with Crippen molar-refractivity contribution in [2.45, 2.75) is 44.9 Å². The molecule has 0 aromatic heterocycles. The smallest absolute Gasteiger partial charge is 0.0307 e. The molecule has 0 spiro atoms. The van der Waals surface area contributed by atoms with Gasteiger partial charge in [0.25, 0.3) is 0 Å². The van der Waals surface area contributed by atoms with Crippen molar-refractivity contribution in [3.63, 3.8) is 0 Å². The van der Waals surface area contributed by atoms with Crippen LogP contribution in [-0.2, 0) is 16.5 Å². The summed E-state index contributed by atoms with van der Waals surface area (Å²) in [5, 5.41) is 0. The summed E-state index contributed by atoms with van der Waals surface area (Å²) >= 11 is -2.14. The largest absolute Gasteiger partial charge is 0.768 e. The fourth-order valence-corrected chi connectivity index (χ4v) is 2.29. The Balaban J connectivity index is 3.39. The van der Waals surface area contributed by atoms with E-state index in [4.69, 9.17) is 0 Å². The minimum absolute atomic E-state index is 0.0540. The molecule has 1 rings (SSSR count). The maximum atomic E-state index is 11.0. The van der Waals surface area contributed by atoms with Crippen molar-refractivity contribution in [2.24, 2.45) is 0 Å². The predicted molar refractivity (Wildman–Crippen MR) is 61.8 cm³/mol. The van der Waals surface area contributed by atoms with Crippen LogP contribution in [0.3, 0.4) is 0 Å².